The zero-order valence-corrected chi connectivity index (χ0v) is 13.6. The number of carboxylic acid groups (broad SMARTS) is 1. The van der Waals surface area contributed by atoms with Crippen molar-refractivity contribution in [2.24, 2.45) is 0 Å². The Kier molecular flexibility index (Phi) is 7.14. The Morgan fingerprint density at radius 2 is 2.14 bits per heavy atom. The highest BCUT2D eigenvalue weighted by Crippen LogP contribution is 2.18. The van der Waals surface area contributed by atoms with Crippen LogP contribution in [0, 0.1) is 0 Å². The summed E-state index contributed by atoms with van der Waals surface area (Å²) >= 11 is 1.70. The number of aryl methyl sites for hydroxylation is 1. The van der Waals surface area contributed by atoms with E-state index >= 15 is 0 Å². The van der Waals surface area contributed by atoms with E-state index in [-0.39, 0.29) is 24.9 Å². The van der Waals surface area contributed by atoms with Crippen molar-refractivity contribution in [3.63, 3.8) is 0 Å². The summed E-state index contributed by atoms with van der Waals surface area (Å²) in [6, 6.07) is 3.60. The zero-order chi connectivity index (χ0) is 14.5. The van der Waals surface area contributed by atoms with Crippen molar-refractivity contribution in [3.05, 3.63) is 21.9 Å². The van der Waals surface area contributed by atoms with Crippen LogP contribution in [-0.4, -0.2) is 41.0 Å². The lowest BCUT2D eigenvalue weighted by atomic mass is 10.2. The second-order valence-electron chi connectivity index (χ2n) is 4.97. The van der Waals surface area contributed by atoms with Gasteiger partial charge in [0.15, 0.2) is 0 Å². The lowest BCUT2D eigenvalue weighted by Gasteiger charge is -2.20. The molecule has 1 fully saturated rings. The minimum Gasteiger partial charge on any atom is -0.480 e. The van der Waals surface area contributed by atoms with Crippen molar-refractivity contribution in [1.82, 2.24) is 10.2 Å². The Morgan fingerprint density at radius 1 is 1.43 bits per heavy atom. The molecule has 0 radical (unpaired) electrons. The first kappa shape index (κ1) is 17.9. The molecule has 1 aliphatic heterocycles. The molecule has 0 saturated carbocycles. The van der Waals surface area contributed by atoms with Crippen molar-refractivity contribution in [2.75, 3.05) is 13.1 Å². The predicted molar refractivity (Wildman–Crippen MR) is 85.0 cm³/mol. The van der Waals surface area contributed by atoms with Crippen LogP contribution in [0.3, 0.4) is 0 Å². The molecule has 5 nitrogen and oxygen atoms in total. The van der Waals surface area contributed by atoms with Crippen molar-refractivity contribution in [3.8, 4) is 0 Å². The number of thiophene rings is 1. The van der Waals surface area contributed by atoms with E-state index in [4.69, 9.17) is 5.11 Å². The van der Waals surface area contributed by atoms with E-state index < -0.39 is 12.0 Å². The molecule has 2 N–H and O–H groups in total. The average molecular weight is 333 g/mol. The average Bonchev–Trinajstić information content (AvgIpc) is 3.04. The molecule has 0 bridgehead atoms. The van der Waals surface area contributed by atoms with E-state index in [1.54, 1.807) is 16.2 Å². The Labute approximate surface area is 134 Å². The number of carbonyl (C=O) groups is 2. The van der Waals surface area contributed by atoms with E-state index in [0.29, 0.717) is 19.5 Å². The van der Waals surface area contributed by atoms with Gasteiger partial charge in [-0.1, -0.05) is 6.92 Å². The molecule has 21 heavy (non-hydrogen) atoms. The third-order valence-electron chi connectivity index (χ3n) is 3.52. The standard InChI is InChI=1S/C14H20N2O3S.ClH/c1-2-10-5-6-11(20-10)8-15-13(17)9-16-7-3-4-12(16)14(18)19;/h5-6,12H,2-4,7-9H2,1H3,(H,15,17)(H,18,19);1H/t12-;/m1./s1. The van der Waals surface area contributed by atoms with Crippen LogP contribution in [0.5, 0.6) is 0 Å². The monoisotopic (exact) mass is 332 g/mol. The van der Waals surface area contributed by atoms with Crippen LogP contribution in [0.15, 0.2) is 12.1 Å². The highest BCUT2D eigenvalue weighted by molar-refractivity contribution is 7.11. The van der Waals surface area contributed by atoms with Gasteiger partial charge < -0.3 is 10.4 Å². The highest BCUT2D eigenvalue weighted by atomic mass is 35.5. The minimum atomic E-state index is -0.832. The Hall–Kier alpha value is -1.11. The summed E-state index contributed by atoms with van der Waals surface area (Å²) in [5, 5.41) is 11.9. The van der Waals surface area contributed by atoms with Crippen LogP contribution in [0.1, 0.15) is 29.5 Å². The summed E-state index contributed by atoms with van der Waals surface area (Å²) in [7, 11) is 0. The molecule has 1 aromatic heterocycles. The van der Waals surface area contributed by atoms with Crippen LogP contribution in [0.2, 0.25) is 0 Å². The van der Waals surface area contributed by atoms with Gasteiger partial charge in [-0.2, -0.15) is 0 Å². The molecule has 0 aliphatic carbocycles. The molecular weight excluding hydrogens is 312 g/mol. The first-order valence-corrected chi connectivity index (χ1v) is 7.73. The number of hydrogen-bond donors (Lipinski definition) is 2. The SMILES string of the molecule is CCc1ccc(CNC(=O)CN2CCC[C@@H]2C(=O)O)s1.Cl. The van der Waals surface area contributed by atoms with E-state index in [9.17, 15) is 9.59 Å². The van der Waals surface area contributed by atoms with Crippen LogP contribution >= 0.6 is 23.7 Å². The number of hydrogen-bond acceptors (Lipinski definition) is 4. The topological polar surface area (TPSA) is 69.6 Å². The van der Waals surface area contributed by atoms with E-state index in [1.807, 2.05) is 6.07 Å². The van der Waals surface area contributed by atoms with Gasteiger partial charge in [0.05, 0.1) is 13.1 Å². The van der Waals surface area contributed by atoms with Gasteiger partial charge in [-0.05, 0) is 37.9 Å². The number of amides is 1. The number of nitrogens with one attached hydrogen (secondary N) is 1. The Bertz CT molecular complexity index is 492. The fourth-order valence-corrected chi connectivity index (χ4v) is 3.33. The summed E-state index contributed by atoms with van der Waals surface area (Å²) in [4.78, 5) is 27.1. The highest BCUT2D eigenvalue weighted by Gasteiger charge is 2.31. The van der Waals surface area contributed by atoms with Crippen molar-refractivity contribution < 1.29 is 14.7 Å². The van der Waals surface area contributed by atoms with Crippen LogP contribution in [-0.2, 0) is 22.6 Å². The maximum absolute atomic E-state index is 11.9. The second-order valence-corrected chi connectivity index (χ2v) is 6.22. The number of aliphatic carboxylic acids is 1. The van der Waals surface area contributed by atoms with Crippen molar-refractivity contribution in [1.29, 1.82) is 0 Å². The lowest BCUT2D eigenvalue weighted by molar-refractivity contribution is -0.142. The molecule has 2 rings (SSSR count). The summed E-state index contributed by atoms with van der Waals surface area (Å²) < 4.78 is 0. The maximum Gasteiger partial charge on any atom is 0.320 e. The third kappa shape index (κ3) is 4.98. The smallest absolute Gasteiger partial charge is 0.320 e. The first-order valence-electron chi connectivity index (χ1n) is 6.91. The molecule has 1 aliphatic rings. The molecule has 1 atom stereocenters. The number of halogens is 1. The number of carbonyl (C=O) groups excluding carboxylic acids is 1. The fraction of sp³-hybridized carbons (Fsp3) is 0.571. The van der Waals surface area contributed by atoms with Gasteiger partial charge in [0.25, 0.3) is 0 Å². The Balaban J connectivity index is 0.00000220. The molecule has 0 aromatic carbocycles. The lowest BCUT2D eigenvalue weighted by Crippen LogP contribution is -2.42. The zero-order valence-electron chi connectivity index (χ0n) is 12.0. The van der Waals surface area contributed by atoms with Gasteiger partial charge in [-0.3, -0.25) is 14.5 Å². The first-order chi connectivity index (χ1) is 9.60. The molecule has 118 valence electrons. The number of rotatable bonds is 6. The molecular formula is C14H21ClN2O3S. The largest absolute Gasteiger partial charge is 0.480 e. The maximum atomic E-state index is 11.9. The van der Waals surface area contributed by atoms with E-state index in [2.05, 4.69) is 18.3 Å². The normalized spacial score (nSPS) is 18.2. The van der Waals surface area contributed by atoms with Gasteiger partial charge in [0.1, 0.15) is 6.04 Å². The van der Waals surface area contributed by atoms with Crippen LogP contribution < -0.4 is 5.32 Å². The quantitative estimate of drug-likeness (QED) is 0.834. The number of carboxylic acids is 1. The second kappa shape index (κ2) is 8.36. The van der Waals surface area contributed by atoms with Gasteiger partial charge in [-0.25, -0.2) is 0 Å². The van der Waals surface area contributed by atoms with Crippen LogP contribution in [0.4, 0.5) is 0 Å². The summed E-state index contributed by atoms with van der Waals surface area (Å²) in [5.41, 5.74) is 0. The number of likely N-dealkylation sites (tertiary alicyclic amines) is 1. The van der Waals surface area contributed by atoms with Crippen molar-refractivity contribution in [2.45, 2.75) is 38.8 Å². The van der Waals surface area contributed by atoms with E-state index in [0.717, 1.165) is 17.7 Å². The van der Waals surface area contributed by atoms with E-state index in [1.165, 1.54) is 4.88 Å². The van der Waals surface area contributed by atoms with Gasteiger partial charge in [-0.15, -0.1) is 23.7 Å². The molecule has 2 heterocycles. The molecule has 1 aromatic rings. The van der Waals surface area contributed by atoms with Crippen molar-refractivity contribution >= 4 is 35.6 Å². The Morgan fingerprint density at radius 3 is 2.76 bits per heavy atom. The van der Waals surface area contributed by atoms with Crippen LogP contribution in [0.25, 0.3) is 0 Å². The summed E-state index contributed by atoms with van der Waals surface area (Å²) in [6.45, 7) is 3.48. The molecule has 1 saturated heterocycles. The molecule has 1 amide bonds. The fourth-order valence-electron chi connectivity index (χ4n) is 2.43. The van der Waals surface area contributed by atoms with Gasteiger partial charge in [0.2, 0.25) is 5.91 Å². The summed E-state index contributed by atoms with van der Waals surface area (Å²) in [6.07, 6.45) is 2.48. The summed E-state index contributed by atoms with van der Waals surface area (Å²) in [5.74, 6) is -0.939. The van der Waals surface area contributed by atoms with Gasteiger partial charge in [0, 0.05) is 9.75 Å². The molecule has 7 heteroatoms. The predicted octanol–water partition coefficient (Wildman–Crippen LogP) is 1.90. The van der Waals surface area contributed by atoms with Gasteiger partial charge >= 0.3 is 5.97 Å². The molecule has 0 spiro atoms. The third-order valence-corrected chi connectivity index (χ3v) is 4.75. The minimum absolute atomic E-state index is 0. The number of nitrogens with zero attached hydrogens (tertiary/aromatic N) is 1. The molecule has 0 unspecified atom stereocenters.